The maximum Gasteiger partial charge on any atom is 0.287 e. The van der Waals surface area contributed by atoms with E-state index in [1.54, 1.807) is 24.6 Å². The van der Waals surface area contributed by atoms with Gasteiger partial charge in [-0.1, -0.05) is 17.7 Å². The molecular weight excluding hydrogens is 282 g/mol. The first-order chi connectivity index (χ1) is 9.00. The first-order valence-corrected chi connectivity index (χ1v) is 7.23. The van der Waals surface area contributed by atoms with Crippen LogP contribution < -0.4 is 10.5 Å². The lowest BCUT2D eigenvalue weighted by molar-refractivity contribution is 0.667. The van der Waals surface area contributed by atoms with E-state index in [4.69, 9.17) is 11.6 Å². The molecule has 0 aliphatic heterocycles. The molecule has 0 amide bonds. The molecule has 19 heavy (non-hydrogen) atoms. The normalized spacial score (nSPS) is 12.4. The number of thiophene rings is 1. The Balaban J connectivity index is 2.22. The Kier molecular flexibility index (Phi) is 4.27. The molecule has 1 atom stereocenters. The van der Waals surface area contributed by atoms with Crippen molar-refractivity contribution in [3.63, 3.8) is 0 Å². The van der Waals surface area contributed by atoms with Crippen molar-refractivity contribution in [3.8, 4) is 0 Å². The number of hydrogen-bond donors (Lipinski definition) is 0. The van der Waals surface area contributed by atoms with E-state index in [0.717, 1.165) is 6.42 Å². The van der Waals surface area contributed by atoms with Crippen molar-refractivity contribution < 1.29 is 0 Å². The third kappa shape index (κ3) is 2.98. The number of nitrogens with zero attached hydrogens (tertiary/aromatic N) is 3. The Bertz CT molecular complexity index is 609. The van der Waals surface area contributed by atoms with Crippen LogP contribution in [0.15, 0.2) is 28.5 Å². The van der Waals surface area contributed by atoms with Gasteiger partial charge in [0.25, 0.3) is 5.56 Å². The van der Waals surface area contributed by atoms with E-state index in [2.05, 4.69) is 23.5 Å². The van der Waals surface area contributed by atoms with Crippen molar-refractivity contribution in [3.05, 3.63) is 44.0 Å². The van der Waals surface area contributed by atoms with Gasteiger partial charge in [0.15, 0.2) is 0 Å². The Hall–Kier alpha value is -1.33. The van der Waals surface area contributed by atoms with Crippen LogP contribution in [-0.4, -0.2) is 22.9 Å². The largest absolute Gasteiger partial charge is 0.369 e. The van der Waals surface area contributed by atoms with Gasteiger partial charge in [-0.25, -0.2) is 4.68 Å². The van der Waals surface area contributed by atoms with Gasteiger partial charge in [0.2, 0.25) is 0 Å². The summed E-state index contributed by atoms with van der Waals surface area (Å²) in [5.41, 5.74) is 0.406. The van der Waals surface area contributed by atoms with Crippen LogP contribution in [0.4, 0.5) is 5.69 Å². The van der Waals surface area contributed by atoms with Gasteiger partial charge in [0, 0.05) is 31.4 Å². The summed E-state index contributed by atoms with van der Waals surface area (Å²) in [6, 6.07) is 4.39. The van der Waals surface area contributed by atoms with Crippen molar-refractivity contribution in [1.82, 2.24) is 9.78 Å². The maximum absolute atomic E-state index is 11.8. The van der Waals surface area contributed by atoms with Gasteiger partial charge in [-0.15, -0.1) is 11.3 Å². The van der Waals surface area contributed by atoms with E-state index >= 15 is 0 Å². The number of halogens is 1. The minimum atomic E-state index is -0.269. The quantitative estimate of drug-likeness (QED) is 0.870. The van der Waals surface area contributed by atoms with Gasteiger partial charge in [0.05, 0.1) is 11.9 Å². The molecule has 2 aromatic rings. The third-order valence-electron chi connectivity index (χ3n) is 3.18. The molecule has 2 aromatic heterocycles. The molecule has 1 unspecified atom stereocenters. The van der Waals surface area contributed by atoms with Crippen LogP contribution in [0.1, 0.15) is 11.8 Å². The Morgan fingerprint density at radius 2 is 2.32 bits per heavy atom. The monoisotopic (exact) mass is 297 g/mol. The zero-order chi connectivity index (χ0) is 14.0. The topological polar surface area (TPSA) is 38.1 Å². The predicted molar refractivity (Wildman–Crippen MR) is 80.4 cm³/mol. The Labute approximate surface area is 121 Å². The fourth-order valence-electron chi connectivity index (χ4n) is 1.84. The summed E-state index contributed by atoms with van der Waals surface area (Å²) in [6.45, 7) is 2.10. The second-order valence-electron chi connectivity index (χ2n) is 4.52. The molecule has 0 aromatic carbocycles. The summed E-state index contributed by atoms with van der Waals surface area (Å²) in [5, 5.41) is 6.31. The van der Waals surface area contributed by atoms with Crippen molar-refractivity contribution in [1.29, 1.82) is 0 Å². The minimum absolute atomic E-state index is 0.220. The predicted octanol–water partition coefficient (Wildman–Crippen LogP) is 2.56. The van der Waals surface area contributed by atoms with Crippen LogP contribution in [0.25, 0.3) is 0 Å². The van der Waals surface area contributed by atoms with Crippen LogP contribution in [0, 0.1) is 0 Å². The number of anilines is 1. The molecule has 2 heterocycles. The number of likely N-dealkylation sites (N-methyl/N-ethyl adjacent to an activating group) is 1. The third-order valence-corrected chi connectivity index (χ3v) is 4.43. The second-order valence-corrected chi connectivity index (χ2v) is 5.93. The molecule has 6 heteroatoms. The molecular formula is C13H16ClN3OS. The fourth-order valence-corrected chi connectivity index (χ4v) is 2.97. The molecule has 0 N–H and O–H groups in total. The highest BCUT2D eigenvalue weighted by Crippen LogP contribution is 2.23. The Morgan fingerprint density at radius 3 is 2.95 bits per heavy atom. The first kappa shape index (κ1) is 14.1. The fraction of sp³-hybridized carbons (Fsp3) is 0.385. The highest BCUT2D eigenvalue weighted by atomic mass is 35.5. The molecule has 0 saturated carbocycles. The molecule has 0 aliphatic rings. The highest BCUT2D eigenvalue weighted by Gasteiger charge is 2.17. The number of aryl methyl sites for hydroxylation is 1. The molecule has 4 nitrogen and oxygen atoms in total. The zero-order valence-electron chi connectivity index (χ0n) is 11.1. The van der Waals surface area contributed by atoms with Crippen LogP contribution in [0.2, 0.25) is 5.02 Å². The molecule has 0 spiro atoms. The van der Waals surface area contributed by atoms with Gasteiger partial charge in [-0.2, -0.15) is 5.10 Å². The van der Waals surface area contributed by atoms with E-state index in [1.165, 1.54) is 9.56 Å². The standard InChI is InChI=1S/C13H16ClN3OS/c1-9(7-10-5-4-6-19-10)16(2)11-8-15-17(3)13(18)12(11)14/h4-6,8-9H,7H2,1-3H3. The first-order valence-electron chi connectivity index (χ1n) is 5.97. The number of aromatic nitrogens is 2. The molecule has 0 aliphatic carbocycles. The summed E-state index contributed by atoms with van der Waals surface area (Å²) in [6.07, 6.45) is 2.55. The zero-order valence-corrected chi connectivity index (χ0v) is 12.7. The van der Waals surface area contributed by atoms with Crippen LogP contribution in [-0.2, 0) is 13.5 Å². The number of rotatable bonds is 4. The van der Waals surface area contributed by atoms with E-state index in [-0.39, 0.29) is 16.6 Å². The van der Waals surface area contributed by atoms with Crippen molar-refractivity contribution in [2.45, 2.75) is 19.4 Å². The smallest absolute Gasteiger partial charge is 0.287 e. The average Bonchev–Trinajstić information content (AvgIpc) is 2.88. The van der Waals surface area contributed by atoms with E-state index in [9.17, 15) is 4.79 Å². The van der Waals surface area contributed by atoms with Crippen molar-refractivity contribution >= 4 is 28.6 Å². The SMILES string of the molecule is CC(Cc1cccs1)N(C)c1cnn(C)c(=O)c1Cl. The summed E-state index contributed by atoms with van der Waals surface area (Å²) < 4.78 is 1.24. The molecule has 0 bridgehead atoms. The summed E-state index contributed by atoms with van der Waals surface area (Å²) in [5.74, 6) is 0. The van der Waals surface area contributed by atoms with Gasteiger partial charge in [-0.05, 0) is 18.4 Å². The second kappa shape index (κ2) is 5.75. The lowest BCUT2D eigenvalue weighted by atomic mass is 10.2. The summed E-state index contributed by atoms with van der Waals surface area (Å²) in [7, 11) is 3.52. The van der Waals surface area contributed by atoms with Crippen LogP contribution >= 0.6 is 22.9 Å². The van der Waals surface area contributed by atoms with Crippen LogP contribution in [0.3, 0.4) is 0 Å². The van der Waals surface area contributed by atoms with E-state index < -0.39 is 0 Å². The molecule has 2 rings (SSSR count). The molecule has 0 radical (unpaired) electrons. The lowest BCUT2D eigenvalue weighted by Gasteiger charge is -2.27. The lowest BCUT2D eigenvalue weighted by Crippen LogP contribution is -2.33. The highest BCUT2D eigenvalue weighted by molar-refractivity contribution is 7.09. The van der Waals surface area contributed by atoms with Gasteiger partial charge < -0.3 is 4.90 Å². The molecule has 0 fully saturated rings. The van der Waals surface area contributed by atoms with Crippen LogP contribution in [0.5, 0.6) is 0 Å². The van der Waals surface area contributed by atoms with E-state index in [1.807, 2.05) is 18.0 Å². The molecule has 102 valence electrons. The van der Waals surface area contributed by atoms with Gasteiger partial charge in [0.1, 0.15) is 5.02 Å². The molecule has 0 saturated heterocycles. The van der Waals surface area contributed by atoms with Gasteiger partial charge in [-0.3, -0.25) is 4.79 Å². The Morgan fingerprint density at radius 1 is 1.58 bits per heavy atom. The minimum Gasteiger partial charge on any atom is -0.369 e. The maximum atomic E-state index is 11.8. The summed E-state index contributed by atoms with van der Waals surface area (Å²) in [4.78, 5) is 15.1. The van der Waals surface area contributed by atoms with Crippen molar-refractivity contribution in [2.24, 2.45) is 7.05 Å². The van der Waals surface area contributed by atoms with Gasteiger partial charge >= 0.3 is 0 Å². The number of hydrogen-bond acceptors (Lipinski definition) is 4. The van der Waals surface area contributed by atoms with E-state index in [0.29, 0.717) is 5.69 Å². The average molecular weight is 298 g/mol. The summed E-state index contributed by atoms with van der Waals surface area (Å²) >= 11 is 7.84. The van der Waals surface area contributed by atoms with Crippen molar-refractivity contribution in [2.75, 3.05) is 11.9 Å².